The number of amides is 4. The number of carbonyl (C=O) groups is 5. The molecule has 0 bridgehead atoms. The largest absolute Gasteiger partial charge is 0.480 e. The molecule has 17 N–H and O–H groups in total. The second-order valence-corrected chi connectivity index (χ2v) is 19.8. The highest BCUT2D eigenvalue weighted by Crippen LogP contribution is 2.34. The number of rotatable bonds is 34. The number of hydrogen-bond acceptors (Lipinski definition) is 19. The van der Waals surface area contributed by atoms with Gasteiger partial charge in [0, 0.05) is 31.9 Å². The number of nitrogens with one attached hydrogen (secondary N) is 7. The number of carboxylic acid groups (broad SMARTS) is 2. The lowest BCUT2D eigenvalue weighted by molar-refractivity contribution is -0.228. The van der Waals surface area contributed by atoms with Crippen molar-refractivity contribution in [2.75, 3.05) is 26.2 Å². The van der Waals surface area contributed by atoms with E-state index in [1.165, 1.54) is 44.9 Å². The number of carboxylic acids is 2. The first-order chi connectivity index (χ1) is 35.8. The van der Waals surface area contributed by atoms with E-state index in [0.29, 0.717) is 6.42 Å². The van der Waals surface area contributed by atoms with Crippen LogP contribution < -0.4 is 54.6 Å². The van der Waals surface area contributed by atoms with E-state index in [1.54, 1.807) is 13.8 Å². The van der Waals surface area contributed by atoms with Crippen LogP contribution in [-0.2, 0) is 33.4 Å². The number of H-pyrrole nitrogens is 1. The maximum atomic E-state index is 14.2. The zero-order chi connectivity index (χ0) is 55.2. The number of ether oxygens (including phenoxy) is 3. The molecule has 0 saturated carbocycles. The Morgan fingerprint density at radius 3 is 1.99 bits per heavy atom. The van der Waals surface area contributed by atoms with Crippen LogP contribution in [0.4, 0.5) is 4.79 Å². The van der Waals surface area contributed by atoms with Gasteiger partial charge >= 0.3 is 23.7 Å². The van der Waals surface area contributed by atoms with Crippen molar-refractivity contribution >= 4 is 35.7 Å². The van der Waals surface area contributed by atoms with Crippen molar-refractivity contribution in [3.8, 4) is 0 Å². The monoisotopic (exact) mass is 1070 g/mol. The highest BCUT2D eigenvalue weighted by Gasteiger charge is 2.54. The molecule has 27 heteroatoms. The van der Waals surface area contributed by atoms with Crippen LogP contribution in [0.1, 0.15) is 130 Å². The van der Waals surface area contributed by atoms with Gasteiger partial charge in [-0.25, -0.2) is 14.4 Å². The summed E-state index contributed by atoms with van der Waals surface area (Å²) in [7, 11) is 0. The number of aliphatic imine (C=N–C) groups is 1. The smallest absolute Gasteiger partial charge is 0.330 e. The Hall–Kier alpha value is -5.26. The molecule has 426 valence electrons. The van der Waals surface area contributed by atoms with Crippen molar-refractivity contribution in [1.82, 2.24) is 41.5 Å². The first-order valence-corrected chi connectivity index (χ1v) is 26.4. The van der Waals surface area contributed by atoms with Crippen LogP contribution in [0.2, 0.25) is 0 Å². The van der Waals surface area contributed by atoms with E-state index in [4.69, 9.17) is 25.7 Å². The first-order valence-electron chi connectivity index (χ1n) is 26.4. The number of urea groups is 1. The van der Waals surface area contributed by atoms with Crippen molar-refractivity contribution < 1.29 is 68.8 Å². The first kappa shape index (κ1) is 62.3. The SMILES string of the molecule is CCCCCCCCCCCCCCC[C@@H](NC(=O)[C@@H](NC(=O)N[C@H](C(=O)O)C(C)C)[C@@H]1CCN=C(N)N1)C(=O)NCCCNC(C(=O)O)[C@H](O[C@@H]1O[C@H](CN)[C@@H](O)[C@H]1O)[C@H]1O[C@@H](n2ccc(=O)[nH]c2=O)[C@H](O)[C@@H]1O. The fraction of sp³-hybridized carbons (Fsp3) is 0.792. The Labute approximate surface area is 435 Å². The van der Waals surface area contributed by atoms with E-state index < -0.39 is 132 Å². The quantitative estimate of drug-likeness (QED) is 0.0329. The number of aliphatic carboxylic acids is 2. The third-order valence-corrected chi connectivity index (χ3v) is 13.7. The molecule has 0 radical (unpaired) electrons. The highest BCUT2D eigenvalue weighted by molar-refractivity contribution is 5.93. The van der Waals surface area contributed by atoms with Crippen LogP contribution in [0.25, 0.3) is 0 Å². The Kier molecular flexibility index (Phi) is 26.3. The van der Waals surface area contributed by atoms with Gasteiger partial charge in [0.1, 0.15) is 66.9 Å². The Balaban J connectivity index is 1.46. The van der Waals surface area contributed by atoms with Crippen molar-refractivity contribution in [3.05, 3.63) is 33.1 Å². The van der Waals surface area contributed by atoms with E-state index in [1.807, 2.05) is 4.98 Å². The molecule has 4 rings (SSSR count). The second kappa shape index (κ2) is 31.7. The lowest BCUT2D eigenvalue weighted by atomic mass is 9.98. The molecule has 1 aromatic heterocycles. The van der Waals surface area contributed by atoms with Crippen LogP contribution in [0.3, 0.4) is 0 Å². The molecule has 3 aliphatic rings. The van der Waals surface area contributed by atoms with E-state index >= 15 is 0 Å². The average molecular weight is 1070 g/mol. The van der Waals surface area contributed by atoms with Gasteiger partial charge in [-0.3, -0.25) is 33.7 Å². The average Bonchev–Trinajstić information content (AvgIpc) is 3.81. The molecule has 1 unspecified atom stereocenters. The molecule has 0 aromatic carbocycles. The van der Waals surface area contributed by atoms with Crippen LogP contribution in [0.15, 0.2) is 26.8 Å². The molecule has 27 nitrogen and oxygen atoms in total. The zero-order valence-corrected chi connectivity index (χ0v) is 43.3. The molecule has 14 atom stereocenters. The van der Waals surface area contributed by atoms with Gasteiger partial charge in [0.2, 0.25) is 11.8 Å². The minimum absolute atomic E-state index is 0.0228. The van der Waals surface area contributed by atoms with Gasteiger partial charge < -0.3 is 88.2 Å². The number of aromatic nitrogens is 2. The molecule has 1 aromatic rings. The number of unbranched alkanes of at least 4 members (excludes halogenated alkanes) is 12. The lowest BCUT2D eigenvalue weighted by Crippen LogP contribution is -2.64. The molecule has 4 heterocycles. The minimum atomic E-state index is -1.93. The predicted octanol–water partition coefficient (Wildman–Crippen LogP) is -2.08. The maximum Gasteiger partial charge on any atom is 0.330 e. The molecule has 2 saturated heterocycles. The number of aromatic amines is 1. The fourth-order valence-electron chi connectivity index (χ4n) is 9.33. The standard InChI is InChI=1S/C48H83N11O16/c1-4-5-6-7-8-9-10-11-12-13-14-15-16-18-28(54-41(66)32(27-19-23-53-46(50)55-27)58-47(71)57-31(26(2)3)43(67)68)40(65)52-22-17-21-51-33(44(69)70)38(75-45-37(64)34(61)29(25-49)73-45)39-35(62)36(63)42(74-39)59-24-20-30(60)56-48(59)72/h20,24,26-29,31-39,42,45,51,61-64H,4-19,21-23,25,49H2,1-3H3,(H,52,65)(H,54,66)(H,67,68)(H,69,70)(H3,50,53,55)(H,56,60,72)(H2,57,58,71)/t27-,28+,29+,31-,32-,33?,34+,35-,36+,37+,38-,39-,42+,45-/m0/s1. The van der Waals surface area contributed by atoms with Crippen molar-refractivity contribution in [2.45, 2.75) is 209 Å². The second-order valence-electron chi connectivity index (χ2n) is 19.8. The summed E-state index contributed by atoms with van der Waals surface area (Å²) >= 11 is 0. The Morgan fingerprint density at radius 1 is 0.800 bits per heavy atom. The number of aliphatic hydroxyl groups excluding tert-OH is 4. The summed E-state index contributed by atoms with van der Waals surface area (Å²) in [5.41, 5.74) is 9.85. The fourth-order valence-corrected chi connectivity index (χ4v) is 9.33. The Morgan fingerprint density at radius 2 is 1.43 bits per heavy atom. The third-order valence-electron chi connectivity index (χ3n) is 13.7. The number of nitrogens with two attached hydrogens (primary N) is 2. The highest BCUT2D eigenvalue weighted by atomic mass is 16.7. The van der Waals surface area contributed by atoms with Gasteiger partial charge in [-0.05, 0) is 31.7 Å². The summed E-state index contributed by atoms with van der Waals surface area (Å²) in [4.78, 5) is 96.8. The van der Waals surface area contributed by atoms with E-state index in [2.05, 4.69) is 43.8 Å². The van der Waals surface area contributed by atoms with Crippen molar-refractivity contribution in [1.29, 1.82) is 0 Å². The Bertz CT molecular complexity index is 2110. The molecule has 4 amide bonds. The topological polar surface area (TPSA) is 426 Å². The summed E-state index contributed by atoms with van der Waals surface area (Å²) < 4.78 is 18.1. The summed E-state index contributed by atoms with van der Waals surface area (Å²) in [6, 6.07) is -6.31. The van der Waals surface area contributed by atoms with Gasteiger partial charge in [0.15, 0.2) is 18.5 Å². The minimum Gasteiger partial charge on any atom is -0.480 e. The van der Waals surface area contributed by atoms with E-state index in [-0.39, 0.29) is 51.4 Å². The van der Waals surface area contributed by atoms with Gasteiger partial charge in [-0.2, -0.15) is 0 Å². The number of aliphatic hydroxyl groups is 4. The van der Waals surface area contributed by atoms with Crippen LogP contribution in [0, 0.1) is 5.92 Å². The summed E-state index contributed by atoms with van der Waals surface area (Å²) in [6.45, 7) is 5.14. The summed E-state index contributed by atoms with van der Waals surface area (Å²) in [6.07, 6.45) is 0.472. The molecule has 0 spiro atoms. The normalized spacial score (nSPS) is 25.6. The predicted molar refractivity (Wildman–Crippen MR) is 271 cm³/mol. The third kappa shape index (κ3) is 19.1. The van der Waals surface area contributed by atoms with Crippen LogP contribution >= 0.6 is 0 Å². The number of nitrogens with zero attached hydrogens (tertiary/aromatic N) is 2. The maximum absolute atomic E-state index is 14.2. The van der Waals surface area contributed by atoms with Gasteiger partial charge in [0.25, 0.3) is 5.56 Å². The van der Waals surface area contributed by atoms with Gasteiger partial charge in [-0.1, -0.05) is 104 Å². The lowest BCUT2D eigenvalue weighted by Gasteiger charge is -2.33. The molecular formula is C48H83N11O16. The number of carbonyl (C=O) groups excluding carboxylic acids is 3. The molecular weight excluding hydrogens is 987 g/mol. The molecule has 75 heavy (non-hydrogen) atoms. The van der Waals surface area contributed by atoms with Crippen LogP contribution in [0.5, 0.6) is 0 Å². The summed E-state index contributed by atoms with van der Waals surface area (Å²) in [5.74, 6) is -4.66. The summed E-state index contributed by atoms with van der Waals surface area (Å²) in [5, 5.41) is 80.0. The van der Waals surface area contributed by atoms with E-state index in [9.17, 15) is 64.2 Å². The zero-order valence-electron chi connectivity index (χ0n) is 43.3. The number of guanidine groups is 1. The van der Waals surface area contributed by atoms with Crippen molar-refractivity contribution in [3.63, 3.8) is 0 Å². The molecule has 3 aliphatic heterocycles. The van der Waals surface area contributed by atoms with E-state index in [0.717, 1.165) is 48.9 Å². The molecule has 0 aliphatic carbocycles. The van der Waals surface area contributed by atoms with Gasteiger partial charge in [0.05, 0.1) is 6.04 Å². The number of hydrogen-bond donors (Lipinski definition) is 15. The van der Waals surface area contributed by atoms with Crippen molar-refractivity contribution in [2.24, 2.45) is 22.4 Å². The molecule has 2 fully saturated rings. The van der Waals surface area contributed by atoms with Gasteiger partial charge in [-0.15, -0.1) is 0 Å². The van der Waals surface area contributed by atoms with Crippen LogP contribution in [-0.4, -0.2) is 181 Å².